The van der Waals surface area contributed by atoms with Crippen molar-refractivity contribution in [2.45, 2.75) is 39.2 Å². The third kappa shape index (κ3) is 3.72. The average molecular weight is 364 g/mol. The Bertz CT molecular complexity index is 831. The first-order valence-corrected chi connectivity index (χ1v) is 10.1. The van der Waals surface area contributed by atoms with E-state index in [9.17, 15) is 4.79 Å². The first kappa shape index (κ1) is 18.1. The van der Waals surface area contributed by atoms with Crippen LogP contribution in [-0.2, 0) is 4.79 Å². The fraction of sp³-hybridized carbons (Fsp3) is 0.435. The number of nitrogens with zero attached hydrogens (tertiary/aromatic N) is 3. The summed E-state index contributed by atoms with van der Waals surface area (Å²) in [7, 11) is 0. The van der Waals surface area contributed by atoms with Gasteiger partial charge < -0.3 is 9.47 Å². The predicted molar refractivity (Wildman–Crippen MR) is 110 cm³/mol. The van der Waals surface area contributed by atoms with Crippen molar-refractivity contribution in [2.75, 3.05) is 26.2 Å². The van der Waals surface area contributed by atoms with Gasteiger partial charge in [-0.15, -0.1) is 0 Å². The van der Waals surface area contributed by atoms with Gasteiger partial charge in [0.1, 0.15) is 0 Å². The fourth-order valence-corrected chi connectivity index (χ4v) is 4.54. The van der Waals surface area contributed by atoms with Crippen LogP contribution < -0.4 is 0 Å². The summed E-state index contributed by atoms with van der Waals surface area (Å²) in [6, 6.07) is 13.1. The third-order valence-electron chi connectivity index (χ3n) is 6.02. The topological polar surface area (TPSA) is 28.5 Å². The van der Waals surface area contributed by atoms with Crippen LogP contribution in [0.1, 0.15) is 36.2 Å². The van der Waals surface area contributed by atoms with Gasteiger partial charge in [-0.1, -0.05) is 18.2 Å². The van der Waals surface area contributed by atoms with Gasteiger partial charge in [0.15, 0.2) is 0 Å². The zero-order valence-electron chi connectivity index (χ0n) is 16.4. The molecular formula is C23H29N3O. The maximum absolute atomic E-state index is 12.7. The van der Waals surface area contributed by atoms with Gasteiger partial charge in [-0.2, -0.15) is 0 Å². The number of rotatable bonds is 4. The van der Waals surface area contributed by atoms with Gasteiger partial charge >= 0.3 is 0 Å². The van der Waals surface area contributed by atoms with Crippen LogP contribution in [0.15, 0.2) is 42.5 Å². The highest BCUT2D eigenvalue weighted by Gasteiger charge is 2.30. The quantitative estimate of drug-likeness (QED) is 0.773. The van der Waals surface area contributed by atoms with E-state index in [1.165, 1.54) is 37.3 Å². The van der Waals surface area contributed by atoms with Crippen LogP contribution >= 0.6 is 0 Å². The Morgan fingerprint density at radius 2 is 1.81 bits per heavy atom. The molecular weight excluding hydrogens is 334 g/mol. The Hall–Kier alpha value is -2.33. The van der Waals surface area contributed by atoms with E-state index in [0.29, 0.717) is 6.04 Å². The number of carbonyl (C=O) groups is 1. The predicted octanol–water partition coefficient (Wildman–Crippen LogP) is 3.80. The largest absolute Gasteiger partial charge is 0.338 e. The van der Waals surface area contributed by atoms with E-state index in [1.807, 2.05) is 17.0 Å². The second-order valence-electron chi connectivity index (χ2n) is 7.80. The highest BCUT2D eigenvalue weighted by atomic mass is 16.2. The zero-order chi connectivity index (χ0) is 18.8. The van der Waals surface area contributed by atoms with E-state index in [1.54, 1.807) is 6.08 Å². The standard InChI is InChI=1S/C23H29N3O/c1-18-16-20(19(2)26(18)21-8-4-3-5-9-21)10-11-23(27)25-15-12-22(17-25)24-13-6-7-14-24/h3-5,8-11,16,22H,6-7,12-15,17H2,1-2H3/b11-10+. The van der Waals surface area contributed by atoms with Gasteiger partial charge in [0.05, 0.1) is 0 Å². The highest BCUT2D eigenvalue weighted by Crippen LogP contribution is 2.23. The molecule has 4 heteroatoms. The number of likely N-dealkylation sites (tertiary alicyclic amines) is 2. The summed E-state index contributed by atoms with van der Waals surface area (Å²) in [5.41, 5.74) is 4.62. The molecule has 142 valence electrons. The lowest BCUT2D eigenvalue weighted by atomic mass is 10.2. The van der Waals surface area contributed by atoms with Crippen LogP contribution in [0.3, 0.4) is 0 Å². The van der Waals surface area contributed by atoms with Crippen LogP contribution in [0.5, 0.6) is 0 Å². The second-order valence-corrected chi connectivity index (χ2v) is 7.80. The minimum absolute atomic E-state index is 0.140. The normalized spacial score (nSPS) is 20.8. The maximum Gasteiger partial charge on any atom is 0.246 e. The third-order valence-corrected chi connectivity index (χ3v) is 6.02. The molecule has 1 atom stereocenters. The molecule has 2 aromatic rings. The van der Waals surface area contributed by atoms with E-state index in [-0.39, 0.29) is 5.91 Å². The number of aryl methyl sites for hydroxylation is 1. The molecule has 2 aliphatic heterocycles. The molecule has 3 heterocycles. The smallest absolute Gasteiger partial charge is 0.246 e. The van der Waals surface area contributed by atoms with Crippen molar-refractivity contribution in [2.24, 2.45) is 0 Å². The maximum atomic E-state index is 12.7. The van der Waals surface area contributed by atoms with Crippen LogP contribution in [0.25, 0.3) is 11.8 Å². The first-order valence-electron chi connectivity index (χ1n) is 10.1. The number of aromatic nitrogens is 1. The van der Waals surface area contributed by atoms with E-state index in [2.05, 4.69) is 53.6 Å². The van der Waals surface area contributed by atoms with E-state index >= 15 is 0 Å². The molecule has 4 nitrogen and oxygen atoms in total. The molecule has 0 bridgehead atoms. The number of hydrogen-bond donors (Lipinski definition) is 0. The summed E-state index contributed by atoms with van der Waals surface area (Å²) in [5, 5.41) is 0. The lowest BCUT2D eigenvalue weighted by Gasteiger charge is -2.23. The number of hydrogen-bond acceptors (Lipinski definition) is 2. The number of para-hydroxylation sites is 1. The Morgan fingerprint density at radius 1 is 1.07 bits per heavy atom. The molecule has 0 saturated carbocycles. The van der Waals surface area contributed by atoms with Crippen LogP contribution in [0.4, 0.5) is 0 Å². The van der Waals surface area contributed by atoms with Crippen molar-refractivity contribution >= 4 is 12.0 Å². The summed E-state index contributed by atoms with van der Waals surface area (Å²) in [6.45, 7) is 8.39. The Labute approximate surface area is 162 Å². The minimum Gasteiger partial charge on any atom is -0.338 e. The lowest BCUT2D eigenvalue weighted by molar-refractivity contribution is -0.125. The lowest BCUT2D eigenvalue weighted by Crippen LogP contribution is -2.36. The van der Waals surface area contributed by atoms with Gasteiger partial charge in [-0.05, 0) is 76.0 Å². The van der Waals surface area contributed by atoms with Crippen molar-refractivity contribution in [1.29, 1.82) is 0 Å². The average Bonchev–Trinajstić information content (AvgIpc) is 3.41. The number of amides is 1. The van der Waals surface area contributed by atoms with Crippen molar-refractivity contribution < 1.29 is 4.79 Å². The van der Waals surface area contributed by atoms with Gasteiger partial charge in [-0.25, -0.2) is 0 Å². The second kappa shape index (κ2) is 7.73. The van der Waals surface area contributed by atoms with Crippen molar-refractivity contribution in [3.8, 4) is 5.69 Å². The van der Waals surface area contributed by atoms with E-state index in [4.69, 9.17) is 0 Å². The number of carbonyl (C=O) groups excluding carboxylic acids is 1. The van der Waals surface area contributed by atoms with Crippen molar-refractivity contribution in [1.82, 2.24) is 14.4 Å². The van der Waals surface area contributed by atoms with Gasteiger partial charge in [-0.3, -0.25) is 9.69 Å². The monoisotopic (exact) mass is 363 g/mol. The molecule has 1 amide bonds. The molecule has 0 radical (unpaired) electrons. The highest BCUT2D eigenvalue weighted by molar-refractivity contribution is 5.92. The van der Waals surface area contributed by atoms with E-state index < -0.39 is 0 Å². The Morgan fingerprint density at radius 3 is 2.56 bits per heavy atom. The SMILES string of the molecule is Cc1cc(/C=C/C(=O)N2CCC(N3CCCC3)C2)c(C)n1-c1ccccc1. The molecule has 4 rings (SSSR count). The fourth-order valence-electron chi connectivity index (χ4n) is 4.54. The molecule has 2 saturated heterocycles. The minimum atomic E-state index is 0.140. The van der Waals surface area contributed by atoms with Gasteiger partial charge in [0, 0.05) is 42.3 Å². The molecule has 0 spiro atoms. The molecule has 27 heavy (non-hydrogen) atoms. The molecule has 1 aromatic carbocycles. The summed E-state index contributed by atoms with van der Waals surface area (Å²) >= 11 is 0. The van der Waals surface area contributed by atoms with Crippen LogP contribution in [0, 0.1) is 13.8 Å². The molecule has 2 fully saturated rings. The molecule has 1 unspecified atom stereocenters. The summed E-state index contributed by atoms with van der Waals surface area (Å²) < 4.78 is 2.24. The zero-order valence-corrected chi connectivity index (χ0v) is 16.4. The number of benzene rings is 1. The Balaban J connectivity index is 1.45. The van der Waals surface area contributed by atoms with Gasteiger partial charge in [0.2, 0.25) is 5.91 Å². The summed E-state index contributed by atoms with van der Waals surface area (Å²) in [5.74, 6) is 0.140. The van der Waals surface area contributed by atoms with Crippen LogP contribution in [-0.4, -0.2) is 52.5 Å². The van der Waals surface area contributed by atoms with Crippen molar-refractivity contribution in [3.63, 3.8) is 0 Å². The summed E-state index contributed by atoms with van der Waals surface area (Å²) in [6.07, 6.45) is 7.46. The molecule has 1 aromatic heterocycles. The summed E-state index contributed by atoms with van der Waals surface area (Å²) in [4.78, 5) is 17.2. The van der Waals surface area contributed by atoms with E-state index in [0.717, 1.165) is 30.8 Å². The molecule has 0 N–H and O–H groups in total. The Kier molecular flexibility index (Phi) is 5.17. The first-order chi connectivity index (χ1) is 13.1. The van der Waals surface area contributed by atoms with Crippen LogP contribution in [0.2, 0.25) is 0 Å². The van der Waals surface area contributed by atoms with Crippen molar-refractivity contribution in [3.05, 3.63) is 59.4 Å². The van der Waals surface area contributed by atoms with Gasteiger partial charge in [0.25, 0.3) is 0 Å². The molecule has 0 aliphatic carbocycles. The molecule has 2 aliphatic rings.